The molecule has 3 atom stereocenters. The number of methoxy groups -OCH3 is 2. The maximum Gasteiger partial charge on any atom is 0.391 e. The number of aliphatic hydroxyl groups excluding tert-OH is 1. The molecular weight excluding hydrogens is 427 g/mol. The Labute approximate surface area is 185 Å². The Hall–Kier alpha value is -1.90. The number of benzene rings is 2. The van der Waals surface area contributed by atoms with Crippen LogP contribution in [0.15, 0.2) is 47.4 Å². The van der Waals surface area contributed by atoms with Crippen molar-refractivity contribution >= 4 is 11.8 Å². The minimum atomic E-state index is -4.41. The highest BCUT2D eigenvalue weighted by Gasteiger charge is 2.40. The topological polar surface area (TPSA) is 50.7 Å². The van der Waals surface area contributed by atoms with Crippen LogP contribution in [0, 0.1) is 0 Å². The normalized spacial score (nSPS) is 22.4. The van der Waals surface area contributed by atoms with Crippen LogP contribution >= 0.6 is 11.8 Å². The summed E-state index contributed by atoms with van der Waals surface area (Å²) in [4.78, 5) is 0.972. The number of fused-ring (bicyclic) bond motifs is 1. The number of ether oxygens (including phenoxy) is 2. The van der Waals surface area contributed by atoms with Crippen LogP contribution in [0.25, 0.3) is 0 Å². The van der Waals surface area contributed by atoms with Gasteiger partial charge in [-0.15, -0.1) is 11.8 Å². The van der Waals surface area contributed by atoms with Crippen LogP contribution in [0.1, 0.15) is 43.4 Å². The molecule has 1 heterocycles. The molecule has 0 saturated carbocycles. The zero-order chi connectivity index (χ0) is 22.6. The molecule has 0 bridgehead atoms. The van der Waals surface area contributed by atoms with Crippen molar-refractivity contribution in [2.75, 3.05) is 20.0 Å². The number of aliphatic hydroxyl groups is 1. The largest absolute Gasteiger partial charge is 0.493 e. The van der Waals surface area contributed by atoms with Gasteiger partial charge in [0.25, 0.3) is 0 Å². The highest BCUT2D eigenvalue weighted by molar-refractivity contribution is 7.99. The summed E-state index contributed by atoms with van der Waals surface area (Å²) >= 11 is 1.56. The molecule has 2 N–H and O–H groups in total. The Balaban J connectivity index is 2.04. The van der Waals surface area contributed by atoms with E-state index < -0.39 is 24.2 Å². The van der Waals surface area contributed by atoms with Gasteiger partial charge in [0.05, 0.1) is 32.8 Å². The van der Waals surface area contributed by atoms with Gasteiger partial charge in [-0.05, 0) is 36.1 Å². The molecule has 3 rings (SSSR count). The van der Waals surface area contributed by atoms with E-state index in [1.54, 1.807) is 26.0 Å². The van der Waals surface area contributed by atoms with Crippen molar-refractivity contribution in [2.45, 2.75) is 54.9 Å². The van der Waals surface area contributed by atoms with Crippen LogP contribution in [-0.4, -0.2) is 42.9 Å². The third-order valence-corrected chi connectivity index (χ3v) is 7.05. The number of halogens is 3. The summed E-state index contributed by atoms with van der Waals surface area (Å²) in [6, 6.07) is 13.3. The van der Waals surface area contributed by atoms with Crippen LogP contribution in [0.2, 0.25) is 0 Å². The van der Waals surface area contributed by atoms with Crippen molar-refractivity contribution in [3.05, 3.63) is 53.6 Å². The van der Waals surface area contributed by atoms with Crippen LogP contribution in [0.5, 0.6) is 11.5 Å². The lowest BCUT2D eigenvalue weighted by atomic mass is 9.86. The van der Waals surface area contributed by atoms with E-state index in [1.807, 2.05) is 49.4 Å². The van der Waals surface area contributed by atoms with Crippen molar-refractivity contribution in [3.63, 3.8) is 0 Å². The SMILES string of the molecule is CCC1(CC(O)CC(F)(F)F)CSc2cc(OC)c(OC)cc2C(c2ccccc2)N1. The number of nitrogens with one attached hydrogen (secondary N) is 1. The summed E-state index contributed by atoms with van der Waals surface area (Å²) in [5.41, 5.74) is 1.27. The first kappa shape index (κ1) is 23.8. The maximum atomic E-state index is 12.9. The van der Waals surface area contributed by atoms with Gasteiger partial charge in [0, 0.05) is 16.2 Å². The molecule has 2 aromatic carbocycles. The fourth-order valence-electron chi connectivity index (χ4n) is 4.03. The molecule has 31 heavy (non-hydrogen) atoms. The van der Waals surface area contributed by atoms with Gasteiger partial charge >= 0.3 is 6.18 Å². The molecule has 0 aromatic heterocycles. The fourth-order valence-corrected chi connectivity index (χ4v) is 5.40. The molecule has 3 unspecified atom stereocenters. The maximum absolute atomic E-state index is 12.9. The summed E-state index contributed by atoms with van der Waals surface area (Å²) in [5.74, 6) is 1.71. The summed E-state index contributed by atoms with van der Waals surface area (Å²) in [5, 5.41) is 13.9. The Morgan fingerprint density at radius 2 is 1.81 bits per heavy atom. The van der Waals surface area contributed by atoms with E-state index in [4.69, 9.17) is 9.47 Å². The first-order chi connectivity index (χ1) is 14.7. The monoisotopic (exact) mass is 455 g/mol. The van der Waals surface area contributed by atoms with Gasteiger partial charge in [-0.3, -0.25) is 5.32 Å². The predicted molar refractivity (Wildman–Crippen MR) is 116 cm³/mol. The van der Waals surface area contributed by atoms with Gasteiger partial charge in [-0.1, -0.05) is 37.3 Å². The van der Waals surface area contributed by atoms with Crippen molar-refractivity contribution in [1.82, 2.24) is 5.32 Å². The van der Waals surface area contributed by atoms with E-state index in [1.165, 1.54) is 0 Å². The second-order valence-corrected chi connectivity index (χ2v) is 8.85. The van der Waals surface area contributed by atoms with Crippen LogP contribution in [0.3, 0.4) is 0 Å². The van der Waals surface area contributed by atoms with Crippen LogP contribution < -0.4 is 14.8 Å². The van der Waals surface area contributed by atoms with Gasteiger partial charge < -0.3 is 14.6 Å². The first-order valence-electron chi connectivity index (χ1n) is 10.2. The lowest BCUT2D eigenvalue weighted by Gasteiger charge is -2.37. The molecule has 2 aromatic rings. The smallest absolute Gasteiger partial charge is 0.391 e. The second-order valence-electron chi connectivity index (χ2n) is 7.83. The first-order valence-corrected chi connectivity index (χ1v) is 11.1. The van der Waals surface area contributed by atoms with E-state index in [0.717, 1.165) is 16.0 Å². The molecule has 0 radical (unpaired) electrons. The lowest BCUT2D eigenvalue weighted by molar-refractivity contribution is -0.155. The Morgan fingerprint density at radius 3 is 2.39 bits per heavy atom. The van der Waals surface area contributed by atoms with Crippen molar-refractivity contribution in [1.29, 1.82) is 0 Å². The van der Waals surface area contributed by atoms with Crippen molar-refractivity contribution in [2.24, 2.45) is 0 Å². The van der Waals surface area contributed by atoms with Crippen LogP contribution in [0.4, 0.5) is 13.2 Å². The molecule has 0 spiro atoms. The predicted octanol–water partition coefficient (Wildman–Crippen LogP) is 5.34. The van der Waals surface area contributed by atoms with Gasteiger partial charge in [0.2, 0.25) is 0 Å². The molecule has 0 fully saturated rings. The van der Waals surface area contributed by atoms with Crippen LogP contribution in [-0.2, 0) is 0 Å². The number of hydrogen-bond donors (Lipinski definition) is 2. The van der Waals surface area contributed by atoms with E-state index in [0.29, 0.717) is 23.7 Å². The molecular formula is C23H28F3NO3S. The molecule has 1 aliphatic rings. The zero-order valence-electron chi connectivity index (χ0n) is 17.8. The lowest BCUT2D eigenvalue weighted by Crippen LogP contribution is -2.50. The molecule has 8 heteroatoms. The van der Waals surface area contributed by atoms with E-state index in [9.17, 15) is 18.3 Å². The number of thioether (sulfide) groups is 1. The number of alkyl halides is 3. The number of hydrogen-bond acceptors (Lipinski definition) is 5. The number of rotatable bonds is 7. The summed E-state index contributed by atoms with van der Waals surface area (Å²) in [7, 11) is 3.14. The van der Waals surface area contributed by atoms with Gasteiger partial charge in [0.1, 0.15) is 0 Å². The van der Waals surface area contributed by atoms with Gasteiger partial charge in [0.15, 0.2) is 11.5 Å². The highest BCUT2D eigenvalue weighted by Crippen LogP contribution is 2.45. The van der Waals surface area contributed by atoms with Crippen molar-refractivity contribution < 1.29 is 27.8 Å². The summed E-state index contributed by atoms with van der Waals surface area (Å²) in [6.07, 6.45) is -6.53. The Morgan fingerprint density at radius 1 is 1.16 bits per heavy atom. The Bertz CT molecular complexity index is 878. The van der Waals surface area contributed by atoms with E-state index >= 15 is 0 Å². The summed E-state index contributed by atoms with van der Waals surface area (Å²) in [6.45, 7) is 1.94. The second kappa shape index (κ2) is 9.71. The highest BCUT2D eigenvalue weighted by atomic mass is 32.2. The molecule has 0 saturated heterocycles. The molecule has 0 amide bonds. The molecule has 0 aliphatic carbocycles. The standard InChI is InChI=1S/C23H28F3NO3S/c1-4-22(12-16(28)13-23(24,25)26)14-31-20-11-19(30-3)18(29-2)10-17(20)21(27-22)15-8-6-5-7-9-15/h5-11,16,21,27-28H,4,12-14H2,1-3H3. The minimum Gasteiger partial charge on any atom is -0.493 e. The molecule has 170 valence electrons. The average Bonchev–Trinajstić information content (AvgIpc) is 2.89. The van der Waals surface area contributed by atoms with Gasteiger partial charge in [-0.25, -0.2) is 0 Å². The molecule has 4 nitrogen and oxygen atoms in total. The van der Waals surface area contributed by atoms with Crippen molar-refractivity contribution in [3.8, 4) is 11.5 Å². The molecule has 1 aliphatic heterocycles. The van der Waals surface area contributed by atoms with E-state index in [-0.39, 0.29) is 12.5 Å². The Kier molecular flexibility index (Phi) is 7.44. The summed E-state index contributed by atoms with van der Waals surface area (Å²) < 4.78 is 49.6. The van der Waals surface area contributed by atoms with Gasteiger partial charge in [-0.2, -0.15) is 13.2 Å². The van der Waals surface area contributed by atoms with E-state index in [2.05, 4.69) is 5.32 Å². The average molecular weight is 456 g/mol. The third-order valence-electron chi connectivity index (χ3n) is 5.68. The fraction of sp³-hybridized carbons (Fsp3) is 0.478. The quantitative estimate of drug-likeness (QED) is 0.590. The minimum absolute atomic E-state index is 0.00159. The zero-order valence-corrected chi connectivity index (χ0v) is 18.6. The third kappa shape index (κ3) is 5.67.